The van der Waals surface area contributed by atoms with Crippen molar-refractivity contribution in [1.82, 2.24) is 0 Å². The molecule has 1 fully saturated rings. The SMILES string of the molecule is CCOC(=O)C[C@H]1CC[C@@H](c2ccc(NC(=O)Nc3cc(C)ccc3OC)cc2)CC1. The lowest BCUT2D eigenvalue weighted by molar-refractivity contribution is -0.144. The summed E-state index contributed by atoms with van der Waals surface area (Å²) in [5.41, 5.74) is 3.69. The molecule has 1 aliphatic carbocycles. The molecule has 31 heavy (non-hydrogen) atoms. The number of amides is 2. The Labute approximate surface area is 184 Å². The number of hydrogen-bond acceptors (Lipinski definition) is 4. The van der Waals surface area contributed by atoms with Crippen LogP contribution in [-0.2, 0) is 9.53 Å². The number of rotatable bonds is 7. The fraction of sp³-hybridized carbons (Fsp3) is 0.440. The van der Waals surface area contributed by atoms with E-state index in [-0.39, 0.29) is 12.0 Å². The number of carbonyl (C=O) groups is 2. The van der Waals surface area contributed by atoms with Crippen molar-refractivity contribution in [3.8, 4) is 5.75 Å². The lowest BCUT2D eigenvalue weighted by atomic mass is 9.77. The zero-order chi connectivity index (χ0) is 22.2. The second kappa shape index (κ2) is 10.8. The van der Waals surface area contributed by atoms with E-state index < -0.39 is 0 Å². The molecule has 0 aliphatic heterocycles. The second-order valence-corrected chi connectivity index (χ2v) is 8.13. The first-order valence-corrected chi connectivity index (χ1v) is 11.0. The van der Waals surface area contributed by atoms with Crippen LogP contribution in [0.15, 0.2) is 42.5 Å². The maximum Gasteiger partial charge on any atom is 0.323 e. The molecule has 2 amide bonds. The Bertz CT molecular complexity index is 887. The fourth-order valence-electron chi connectivity index (χ4n) is 4.20. The van der Waals surface area contributed by atoms with Crippen molar-refractivity contribution in [2.75, 3.05) is 24.4 Å². The van der Waals surface area contributed by atoms with Crippen molar-refractivity contribution in [2.24, 2.45) is 5.92 Å². The topological polar surface area (TPSA) is 76.7 Å². The summed E-state index contributed by atoms with van der Waals surface area (Å²) in [6.07, 6.45) is 4.77. The normalized spacial score (nSPS) is 18.2. The van der Waals surface area contributed by atoms with Crippen LogP contribution in [0.4, 0.5) is 16.2 Å². The van der Waals surface area contributed by atoms with Crippen LogP contribution >= 0.6 is 0 Å². The zero-order valence-electron chi connectivity index (χ0n) is 18.6. The van der Waals surface area contributed by atoms with E-state index in [1.807, 2.05) is 44.2 Å². The zero-order valence-corrected chi connectivity index (χ0v) is 18.6. The van der Waals surface area contributed by atoms with Gasteiger partial charge in [0.2, 0.25) is 0 Å². The minimum atomic E-state index is -0.309. The summed E-state index contributed by atoms with van der Waals surface area (Å²) in [4.78, 5) is 24.1. The van der Waals surface area contributed by atoms with Crippen molar-refractivity contribution in [3.63, 3.8) is 0 Å². The third-order valence-electron chi connectivity index (χ3n) is 5.85. The first kappa shape index (κ1) is 22.7. The van der Waals surface area contributed by atoms with Crippen molar-refractivity contribution in [2.45, 2.75) is 51.9 Å². The molecule has 3 rings (SSSR count). The highest BCUT2D eigenvalue weighted by Crippen LogP contribution is 2.37. The Balaban J connectivity index is 1.51. The molecule has 2 N–H and O–H groups in total. The van der Waals surface area contributed by atoms with Gasteiger partial charge in [-0.3, -0.25) is 4.79 Å². The van der Waals surface area contributed by atoms with Crippen LogP contribution in [0, 0.1) is 12.8 Å². The fourth-order valence-corrected chi connectivity index (χ4v) is 4.20. The predicted octanol–water partition coefficient (Wildman–Crippen LogP) is 5.87. The molecule has 1 saturated carbocycles. The van der Waals surface area contributed by atoms with Gasteiger partial charge >= 0.3 is 12.0 Å². The van der Waals surface area contributed by atoms with E-state index in [0.29, 0.717) is 36.3 Å². The Morgan fingerprint density at radius 1 is 1.00 bits per heavy atom. The van der Waals surface area contributed by atoms with E-state index in [4.69, 9.17) is 9.47 Å². The molecule has 2 aromatic carbocycles. The summed E-state index contributed by atoms with van der Waals surface area (Å²) < 4.78 is 10.4. The van der Waals surface area contributed by atoms with Crippen molar-refractivity contribution in [1.29, 1.82) is 0 Å². The highest BCUT2D eigenvalue weighted by molar-refractivity contribution is 6.00. The van der Waals surface area contributed by atoms with Crippen LogP contribution in [0.2, 0.25) is 0 Å². The lowest BCUT2D eigenvalue weighted by Crippen LogP contribution is -2.20. The minimum Gasteiger partial charge on any atom is -0.495 e. The molecule has 0 radical (unpaired) electrons. The molecule has 1 aliphatic rings. The van der Waals surface area contributed by atoms with E-state index in [2.05, 4.69) is 22.8 Å². The van der Waals surface area contributed by atoms with Crippen molar-refractivity contribution in [3.05, 3.63) is 53.6 Å². The summed E-state index contributed by atoms with van der Waals surface area (Å²) in [5.74, 6) is 1.47. The van der Waals surface area contributed by atoms with Gasteiger partial charge in [0.05, 0.1) is 19.4 Å². The second-order valence-electron chi connectivity index (χ2n) is 8.13. The van der Waals surface area contributed by atoms with E-state index in [9.17, 15) is 9.59 Å². The number of urea groups is 1. The molecule has 166 valence electrons. The Kier molecular flexibility index (Phi) is 7.93. The molecule has 2 aromatic rings. The molecule has 6 nitrogen and oxygen atoms in total. The van der Waals surface area contributed by atoms with E-state index in [1.54, 1.807) is 7.11 Å². The summed E-state index contributed by atoms with van der Waals surface area (Å²) in [5, 5.41) is 5.72. The maximum atomic E-state index is 12.4. The standard InChI is InChI=1S/C25H32N2O4/c1-4-31-24(28)16-18-6-8-19(9-7-18)20-10-12-21(13-11-20)26-25(29)27-22-15-17(2)5-14-23(22)30-3/h5,10-15,18-19H,4,6-9,16H2,1-3H3,(H2,26,27,29)/t18-,19+. The van der Waals surface area contributed by atoms with Gasteiger partial charge in [0, 0.05) is 12.1 Å². The van der Waals surface area contributed by atoms with E-state index in [0.717, 1.165) is 36.9 Å². The minimum absolute atomic E-state index is 0.0806. The van der Waals surface area contributed by atoms with Crippen LogP contribution in [0.3, 0.4) is 0 Å². The number of benzene rings is 2. The van der Waals surface area contributed by atoms with Crippen LogP contribution in [-0.4, -0.2) is 25.7 Å². The smallest absolute Gasteiger partial charge is 0.323 e. The molecule has 0 atom stereocenters. The average molecular weight is 425 g/mol. The van der Waals surface area contributed by atoms with Crippen LogP contribution in [0.1, 0.15) is 56.1 Å². The average Bonchev–Trinajstić information content (AvgIpc) is 2.75. The van der Waals surface area contributed by atoms with Crippen LogP contribution in [0.5, 0.6) is 5.75 Å². The molecule has 6 heteroatoms. The highest BCUT2D eigenvalue weighted by atomic mass is 16.5. The highest BCUT2D eigenvalue weighted by Gasteiger charge is 2.24. The van der Waals surface area contributed by atoms with Gasteiger partial charge in [-0.2, -0.15) is 0 Å². The van der Waals surface area contributed by atoms with Crippen LogP contribution < -0.4 is 15.4 Å². The van der Waals surface area contributed by atoms with Gasteiger partial charge < -0.3 is 20.1 Å². The first-order valence-electron chi connectivity index (χ1n) is 11.0. The number of esters is 1. The Morgan fingerprint density at radius 3 is 2.35 bits per heavy atom. The largest absolute Gasteiger partial charge is 0.495 e. The summed E-state index contributed by atoms with van der Waals surface area (Å²) in [7, 11) is 1.58. The predicted molar refractivity (Wildman–Crippen MR) is 123 cm³/mol. The molecule has 0 unspecified atom stereocenters. The number of nitrogens with one attached hydrogen (secondary N) is 2. The van der Waals surface area contributed by atoms with Gasteiger partial charge in [-0.05, 0) is 86.8 Å². The van der Waals surface area contributed by atoms with Gasteiger partial charge in [0.15, 0.2) is 0 Å². The number of aryl methyl sites for hydroxylation is 1. The number of ether oxygens (including phenoxy) is 2. The third kappa shape index (κ3) is 6.48. The number of methoxy groups -OCH3 is 1. The monoisotopic (exact) mass is 424 g/mol. The van der Waals surface area contributed by atoms with Crippen molar-refractivity contribution >= 4 is 23.4 Å². The maximum absolute atomic E-state index is 12.4. The molecule has 0 heterocycles. The first-order chi connectivity index (χ1) is 15.0. The lowest BCUT2D eigenvalue weighted by Gasteiger charge is -2.28. The summed E-state index contributed by atoms with van der Waals surface area (Å²) >= 11 is 0. The van der Waals surface area contributed by atoms with Gasteiger partial charge in [-0.25, -0.2) is 4.79 Å². The Hall–Kier alpha value is -3.02. The summed E-state index contributed by atoms with van der Waals surface area (Å²) in [6, 6.07) is 13.4. The molecule has 0 aromatic heterocycles. The van der Waals surface area contributed by atoms with Crippen molar-refractivity contribution < 1.29 is 19.1 Å². The van der Waals surface area contributed by atoms with Gasteiger partial charge in [-0.15, -0.1) is 0 Å². The summed E-state index contributed by atoms with van der Waals surface area (Å²) in [6.45, 7) is 4.26. The number of hydrogen-bond donors (Lipinski definition) is 2. The van der Waals surface area contributed by atoms with Gasteiger partial charge in [-0.1, -0.05) is 18.2 Å². The van der Waals surface area contributed by atoms with Crippen LogP contribution in [0.25, 0.3) is 0 Å². The molecule has 0 saturated heterocycles. The van der Waals surface area contributed by atoms with E-state index >= 15 is 0 Å². The van der Waals surface area contributed by atoms with E-state index in [1.165, 1.54) is 5.56 Å². The van der Waals surface area contributed by atoms with Gasteiger partial charge in [0.1, 0.15) is 5.75 Å². The number of anilines is 2. The quantitative estimate of drug-likeness (QED) is 0.545. The van der Waals surface area contributed by atoms with Gasteiger partial charge in [0.25, 0.3) is 0 Å². The molecule has 0 bridgehead atoms. The molecular formula is C25H32N2O4. The third-order valence-corrected chi connectivity index (χ3v) is 5.85. The molecular weight excluding hydrogens is 392 g/mol. The Morgan fingerprint density at radius 2 is 1.71 bits per heavy atom. The molecule has 0 spiro atoms. The number of carbonyl (C=O) groups excluding carboxylic acids is 2.